The van der Waals surface area contributed by atoms with Gasteiger partial charge in [0.2, 0.25) is 0 Å². The van der Waals surface area contributed by atoms with E-state index >= 15 is 0 Å². The van der Waals surface area contributed by atoms with Crippen molar-refractivity contribution in [2.24, 2.45) is 5.92 Å². The van der Waals surface area contributed by atoms with Crippen molar-refractivity contribution in [3.8, 4) is 0 Å². The lowest BCUT2D eigenvalue weighted by Crippen LogP contribution is -2.14. The second-order valence-electron chi connectivity index (χ2n) is 3.06. The third kappa shape index (κ3) is 2.32. The third-order valence-corrected chi connectivity index (χ3v) is 2.15. The summed E-state index contributed by atoms with van der Waals surface area (Å²) < 4.78 is 4.76. The third-order valence-electron chi connectivity index (χ3n) is 2.15. The number of carbonyl (C=O) groups is 2. The zero-order valence-electron chi connectivity index (χ0n) is 7.34. The van der Waals surface area contributed by atoms with Crippen molar-refractivity contribution in [1.82, 2.24) is 0 Å². The summed E-state index contributed by atoms with van der Waals surface area (Å²) in [6.07, 6.45) is 2.72. The molecule has 0 heterocycles. The van der Waals surface area contributed by atoms with Crippen LogP contribution in [0.2, 0.25) is 0 Å². The van der Waals surface area contributed by atoms with E-state index < -0.39 is 0 Å². The smallest absolute Gasteiger partial charge is 0.306 e. The Hall–Kier alpha value is -0.860. The van der Waals surface area contributed by atoms with Crippen LogP contribution in [0.1, 0.15) is 32.6 Å². The van der Waals surface area contributed by atoms with E-state index in [-0.39, 0.29) is 24.1 Å². The molecule has 0 bridgehead atoms. The summed E-state index contributed by atoms with van der Waals surface area (Å²) >= 11 is 0. The molecule has 12 heavy (non-hydrogen) atoms. The average molecular weight is 170 g/mol. The number of esters is 1. The lowest BCUT2D eigenvalue weighted by molar-refractivity contribution is -0.145. The molecule has 68 valence electrons. The van der Waals surface area contributed by atoms with Crippen LogP contribution in [-0.2, 0) is 14.3 Å². The van der Waals surface area contributed by atoms with Crippen LogP contribution < -0.4 is 0 Å². The number of ether oxygens (including phenoxy) is 1. The maximum atomic E-state index is 11.1. The molecule has 0 aliphatic heterocycles. The van der Waals surface area contributed by atoms with Gasteiger partial charge in [0.05, 0.1) is 13.0 Å². The Morgan fingerprint density at radius 2 is 2.42 bits per heavy atom. The van der Waals surface area contributed by atoms with Crippen LogP contribution in [-0.4, -0.2) is 18.4 Å². The Kier molecular flexibility index (Phi) is 3.26. The molecule has 0 aromatic carbocycles. The SMILES string of the molecule is CCOC(=O)C[C@@H]1CCCC1=O. The molecular weight excluding hydrogens is 156 g/mol. The van der Waals surface area contributed by atoms with E-state index in [2.05, 4.69) is 0 Å². The van der Waals surface area contributed by atoms with Crippen molar-refractivity contribution in [1.29, 1.82) is 0 Å². The van der Waals surface area contributed by atoms with Crippen molar-refractivity contribution >= 4 is 11.8 Å². The molecule has 0 radical (unpaired) electrons. The van der Waals surface area contributed by atoms with E-state index in [1.54, 1.807) is 6.92 Å². The van der Waals surface area contributed by atoms with Gasteiger partial charge < -0.3 is 4.74 Å². The first kappa shape index (κ1) is 9.23. The first-order valence-corrected chi connectivity index (χ1v) is 4.42. The molecule has 1 fully saturated rings. The Balaban J connectivity index is 2.30. The van der Waals surface area contributed by atoms with Crippen LogP contribution in [0.4, 0.5) is 0 Å². The topological polar surface area (TPSA) is 43.4 Å². The summed E-state index contributed by atoms with van der Waals surface area (Å²) in [5.74, 6) is -0.0650. The van der Waals surface area contributed by atoms with Crippen molar-refractivity contribution in [2.75, 3.05) is 6.61 Å². The summed E-state index contributed by atoms with van der Waals surface area (Å²) in [7, 11) is 0. The molecule has 0 spiro atoms. The van der Waals surface area contributed by atoms with Gasteiger partial charge in [-0.1, -0.05) is 0 Å². The van der Waals surface area contributed by atoms with Gasteiger partial charge in [0.1, 0.15) is 5.78 Å². The van der Waals surface area contributed by atoms with Crippen LogP contribution in [0.25, 0.3) is 0 Å². The molecule has 0 aromatic heterocycles. The molecule has 0 aromatic rings. The van der Waals surface area contributed by atoms with E-state index in [0.717, 1.165) is 12.8 Å². The number of hydrogen-bond acceptors (Lipinski definition) is 3. The first-order valence-electron chi connectivity index (χ1n) is 4.42. The van der Waals surface area contributed by atoms with Crippen molar-refractivity contribution in [2.45, 2.75) is 32.6 Å². The van der Waals surface area contributed by atoms with Gasteiger partial charge in [-0.25, -0.2) is 0 Å². The maximum absolute atomic E-state index is 11.1. The molecule has 1 saturated carbocycles. The Labute approximate surface area is 72.1 Å². The molecule has 1 aliphatic carbocycles. The molecule has 1 aliphatic rings. The van der Waals surface area contributed by atoms with E-state index in [4.69, 9.17) is 4.74 Å². The number of rotatable bonds is 3. The van der Waals surface area contributed by atoms with Gasteiger partial charge in [-0.05, 0) is 19.8 Å². The molecule has 0 unspecified atom stereocenters. The molecule has 1 atom stereocenters. The molecule has 3 nitrogen and oxygen atoms in total. The van der Waals surface area contributed by atoms with Crippen molar-refractivity contribution in [3.05, 3.63) is 0 Å². The predicted octanol–water partition coefficient (Wildman–Crippen LogP) is 1.31. The molecule has 0 amide bonds. The van der Waals surface area contributed by atoms with Gasteiger partial charge in [0.15, 0.2) is 0 Å². The van der Waals surface area contributed by atoms with Gasteiger partial charge in [0, 0.05) is 12.3 Å². The highest BCUT2D eigenvalue weighted by Crippen LogP contribution is 2.24. The van der Waals surface area contributed by atoms with E-state index in [0.29, 0.717) is 13.0 Å². The predicted molar refractivity (Wildman–Crippen MR) is 43.6 cm³/mol. The summed E-state index contributed by atoms with van der Waals surface area (Å²) in [4.78, 5) is 22.1. The van der Waals surface area contributed by atoms with Gasteiger partial charge >= 0.3 is 5.97 Å². The van der Waals surface area contributed by atoms with Crippen molar-refractivity contribution < 1.29 is 14.3 Å². The number of carbonyl (C=O) groups excluding carboxylic acids is 2. The fourth-order valence-electron chi connectivity index (χ4n) is 1.52. The zero-order valence-corrected chi connectivity index (χ0v) is 7.34. The summed E-state index contributed by atoms with van der Waals surface area (Å²) in [6.45, 7) is 2.17. The second kappa shape index (κ2) is 4.24. The fourth-order valence-corrected chi connectivity index (χ4v) is 1.52. The molecular formula is C9H14O3. The van der Waals surface area contributed by atoms with Gasteiger partial charge in [-0.3, -0.25) is 9.59 Å². The minimum absolute atomic E-state index is 0.0518. The lowest BCUT2D eigenvalue weighted by atomic mass is 10.0. The van der Waals surface area contributed by atoms with Crippen LogP contribution in [0, 0.1) is 5.92 Å². The van der Waals surface area contributed by atoms with Crippen LogP contribution in [0.3, 0.4) is 0 Å². The highest BCUT2D eigenvalue weighted by molar-refractivity contribution is 5.86. The molecule has 3 heteroatoms. The van der Waals surface area contributed by atoms with Crippen LogP contribution in [0.5, 0.6) is 0 Å². The first-order chi connectivity index (χ1) is 5.74. The standard InChI is InChI=1S/C9H14O3/c1-2-12-9(11)6-7-4-3-5-8(7)10/h7H,2-6H2,1H3/t7-/m0/s1. The number of ketones is 1. The average Bonchev–Trinajstić information content (AvgIpc) is 2.37. The van der Waals surface area contributed by atoms with Crippen LogP contribution >= 0.6 is 0 Å². The second-order valence-corrected chi connectivity index (χ2v) is 3.06. The highest BCUT2D eigenvalue weighted by Gasteiger charge is 2.26. The zero-order chi connectivity index (χ0) is 8.97. The fraction of sp³-hybridized carbons (Fsp3) is 0.778. The van der Waals surface area contributed by atoms with Gasteiger partial charge in [-0.2, -0.15) is 0 Å². The highest BCUT2D eigenvalue weighted by atomic mass is 16.5. The number of Topliss-reactive ketones (excluding diaryl/α,β-unsaturated/α-hetero) is 1. The minimum Gasteiger partial charge on any atom is -0.466 e. The van der Waals surface area contributed by atoms with Gasteiger partial charge in [-0.15, -0.1) is 0 Å². The van der Waals surface area contributed by atoms with Crippen LogP contribution in [0.15, 0.2) is 0 Å². The summed E-state index contributed by atoms with van der Waals surface area (Å²) in [5, 5.41) is 0. The lowest BCUT2D eigenvalue weighted by Gasteiger charge is -2.05. The normalized spacial score (nSPS) is 22.8. The Morgan fingerprint density at radius 3 is 2.92 bits per heavy atom. The monoisotopic (exact) mass is 170 g/mol. The van der Waals surface area contributed by atoms with E-state index in [9.17, 15) is 9.59 Å². The molecule has 0 saturated heterocycles. The Morgan fingerprint density at radius 1 is 1.67 bits per heavy atom. The van der Waals surface area contributed by atoms with E-state index in [1.807, 2.05) is 0 Å². The maximum Gasteiger partial charge on any atom is 0.306 e. The Bertz CT molecular complexity index is 186. The minimum atomic E-state index is -0.238. The largest absolute Gasteiger partial charge is 0.466 e. The quantitative estimate of drug-likeness (QED) is 0.600. The van der Waals surface area contributed by atoms with Crippen molar-refractivity contribution in [3.63, 3.8) is 0 Å². The molecule has 0 N–H and O–H groups in total. The van der Waals surface area contributed by atoms with Gasteiger partial charge in [0.25, 0.3) is 0 Å². The van der Waals surface area contributed by atoms with E-state index in [1.165, 1.54) is 0 Å². The molecule has 1 rings (SSSR count). The summed E-state index contributed by atoms with van der Waals surface area (Å²) in [6, 6.07) is 0. The number of hydrogen-bond donors (Lipinski definition) is 0. The summed E-state index contributed by atoms with van der Waals surface area (Å²) in [5.41, 5.74) is 0.